The van der Waals surface area contributed by atoms with E-state index in [0.717, 1.165) is 25.1 Å². The van der Waals surface area contributed by atoms with Gasteiger partial charge in [-0.05, 0) is 43.2 Å². The van der Waals surface area contributed by atoms with Crippen molar-refractivity contribution >= 4 is 11.7 Å². The van der Waals surface area contributed by atoms with Crippen molar-refractivity contribution in [2.24, 2.45) is 0 Å². The molecule has 30 heavy (non-hydrogen) atoms. The molecule has 3 aromatic heterocycles. The molecule has 1 aromatic carbocycles. The topological polar surface area (TPSA) is 99.8 Å². The monoisotopic (exact) mass is 401 g/mol. The van der Waals surface area contributed by atoms with Crippen molar-refractivity contribution < 1.29 is 9.53 Å². The van der Waals surface area contributed by atoms with Crippen LogP contribution in [0.2, 0.25) is 0 Å². The molecule has 0 aliphatic carbocycles. The average molecular weight is 401 g/mol. The number of benzene rings is 1. The molecule has 0 unspecified atom stereocenters. The first-order valence-corrected chi connectivity index (χ1v) is 9.70. The van der Waals surface area contributed by atoms with Crippen LogP contribution >= 0.6 is 0 Å². The molecule has 0 radical (unpaired) electrons. The number of aromatic nitrogens is 6. The second kappa shape index (κ2) is 7.78. The number of ether oxygens (including phenoxy) is 1. The minimum absolute atomic E-state index is 0.296. The van der Waals surface area contributed by atoms with Crippen LogP contribution in [-0.4, -0.2) is 41.8 Å². The quantitative estimate of drug-likeness (QED) is 0.526. The van der Waals surface area contributed by atoms with E-state index in [-0.39, 0.29) is 5.91 Å². The van der Waals surface area contributed by atoms with Crippen LogP contribution in [0.25, 0.3) is 17.2 Å². The third kappa shape index (κ3) is 3.52. The van der Waals surface area contributed by atoms with E-state index >= 15 is 0 Å². The van der Waals surface area contributed by atoms with Gasteiger partial charge in [0.2, 0.25) is 0 Å². The summed E-state index contributed by atoms with van der Waals surface area (Å²) in [6, 6.07) is 10.9. The smallest absolute Gasteiger partial charge is 0.260 e. The summed E-state index contributed by atoms with van der Waals surface area (Å²) in [6.45, 7) is 1.27. The number of pyridine rings is 1. The van der Waals surface area contributed by atoms with Crippen LogP contribution in [0.15, 0.2) is 61.4 Å². The van der Waals surface area contributed by atoms with Gasteiger partial charge in [0.1, 0.15) is 23.6 Å². The first kappa shape index (κ1) is 18.0. The molecule has 9 heteroatoms. The lowest BCUT2D eigenvalue weighted by Crippen LogP contribution is -2.16. The van der Waals surface area contributed by atoms with E-state index in [2.05, 4.69) is 25.5 Å². The molecule has 0 saturated carbocycles. The molecule has 0 spiro atoms. The summed E-state index contributed by atoms with van der Waals surface area (Å²) in [4.78, 5) is 21.7. The van der Waals surface area contributed by atoms with Crippen LogP contribution in [0, 0.1) is 0 Å². The van der Waals surface area contributed by atoms with Gasteiger partial charge in [-0.25, -0.2) is 9.97 Å². The molecule has 1 N–H and O–H groups in total. The van der Waals surface area contributed by atoms with Gasteiger partial charge in [-0.1, -0.05) is 6.07 Å². The molecule has 1 aliphatic rings. The lowest BCUT2D eigenvalue weighted by molar-refractivity contribution is 0.102. The number of amides is 1. The summed E-state index contributed by atoms with van der Waals surface area (Å²) in [6.07, 6.45) is 8.61. The molecule has 0 atom stereocenters. The Labute approximate surface area is 172 Å². The minimum atomic E-state index is -0.296. The van der Waals surface area contributed by atoms with Crippen molar-refractivity contribution in [2.75, 3.05) is 11.9 Å². The maximum Gasteiger partial charge on any atom is 0.260 e. The molecule has 0 fully saturated rings. The summed E-state index contributed by atoms with van der Waals surface area (Å²) < 4.78 is 9.75. The van der Waals surface area contributed by atoms with Gasteiger partial charge in [0, 0.05) is 24.6 Å². The Morgan fingerprint density at radius 3 is 2.97 bits per heavy atom. The van der Waals surface area contributed by atoms with Crippen molar-refractivity contribution in [2.45, 2.75) is 19.4 Å². The molecule has 4 aromatic rings. The van der Waals surface area contributed by atoms with Gasteiger partial charge in [-0.3, -0.25) is 4.79 Å². The highest BCUT2D eigenvalue weighted by molar-refractivity contribution is 6.06. The van der Waals surface area contributed by atoms with Crippen molar-refractivity contribution in [1.29, 1.82) is 0 Å². The summed E-state index contributed by atoms with van der Waals surface area (Å²) in [7, 11) is 0. The van der Waals surface area contributed by atoms with Crippen molar-refractivity contribution in [3.8, 4) is 23.0 Å². The Morgan fingerprint density at radius 1 is 1.10 bits per heavy atom. The third-order valence-electron chi connectivity index (χ3n) is 4.90. The highest BCUT2D eigenvalue weighted by Crippen LogP contribution is 2.25. The zero-order valence-corrected chi connectivity index (χ0v) is 16.1. The zero-order chi connectivity index (χ0) is 20.3. The SMILES string of the molecule is O=C1Nc2cccc(n2)-c2nncn2CCCCOc2ccc(-n3ccnc3)cc21. The largest absolute Gasteiger partial charge is 0.493 e. The van der Waals surface area contributed by atoms with Gasteiger partial charge in [0.05, 0.1) is 18.5 Å². The average Bonchev–Trinajstić information content (AvgIpc) is 3.45. The van der Waals surface area contributed by atoms with E-state index in [1.807, 2.05) is 39.6 Å². The second-order valence-corrected chi connectivity index (χ2v) is 6.92. The van der Waals surface area contributed by atoms with Crippen LogP contribution in [0.5, 0.6) is 5.75 Å². The Morgan fingerprint density at radius 2 is 2.07 bits per heavy atom. The molecule has 1 aliphatic heterocycles. The first-order chi connectivity index (χ1) is 14.8. The van der Waals surface area contributed by atoms with Crippen LogP contribution in [0.4, 0.5) is 5.82 Å². The van der Waals surface area contributed by atoms with Crippen molar-refractivity contribution in [1.82, 2.24) is 29.3 Å². The number of nitrogens with zero attached hydrogens (tertiary/aromatic N) is 6. The standard InChI is InChI=1S/C21H19N7O2/c29-21-16-12-15(27-10-8-22-13-27)6-7-18(16)30-11-2-1-9-28-14-23-26-20(28)17-4-3-5-19(24-17)25-21/h3-8,10,12-14H,1-2,9,11H2,(H,24,25,29). The highest BCUT2D eigenvalue weighted by atomic mass is 16.5. The maximum absolute atomic E-state index is 13.1. The molecule has 1 amide bonds. The number of hydrogen-bond donors (Lipinski definition) is 1. The van der Waals surface area contributed by atoms with Crippen LogP contribution in [0.3, 0.4) is 0 Å². The number of rotatable bonds is 1. The fourth-order valence-corrected chi connectivity index (χ4v) is 3.39. The van der Waals surface area contributed by atoms with Gasteiger partial charge >= 0.3 is 0 Å². The van der Waals surface area contributed by atoms with Crippen LogP contribution in [-0.2, 0) is 6.54 Å². The Balaban J connectivity index is 1.54. The van der Waals surface area contributed by atoms with Gasteiger partial charge < -0.3 is 19.2 Å². The van der Waals surface area contributed by atoms with Gasteiger partial charge in [-0.15, -0.1) is 10.2 Å². The first-order valence-electron chi connectivity index (χ1n) is 9.70. The van der Waals surface area contributed by atoms with Crippen LogP contribution < -0.4 is 10.1 Å². The lowest BCUT2D eigenvalue weighted by atomic mass is 10.1. The van der Waals surface area contributed by atoms with Gasteiger partial charge in [0.25, 0.3) is 5.91 Å². The summed E-state index contributed by atoms with van der Waals surface area (Å²) in [5.41, 5.74) is 1.92. The Bertz CT molecular complexity index is 1180. The molecular formula is C21H19N7O2. The molecule has 9 nitrogen and oxygen atoms in total. The minimum Gasteiger partial charge on any atom is -0.493 e. The second-order valence-electron chi connectivity index (χ2n) is 6.92. The molecular weight excluding hydrogens is 382 g/mol. The Kier molecular flexibility index (Phi) is 4.68. The summed E-state index contributed by atoms with van der Waals surface area (Å²) >= 11 is 0. The number of imidazole rings is 1. The Hall–Kier alpha value is -4.01. The molecule has 0 saturated heterocycles. The van der Waals surface area contributed by atoms with E-state index in [9.17, 15) is 4.79 Å². The lowest BCUT2D eigenvalue weighted by Gasteiger charge is -2.15. The summed E-state index contributed by atoms with van der Waals surface area (Å²) in [5, 5.41) is 11.1. The van der Waals surface area contributed by atoms with E-state index < -0.39 is 0 Å². The predicted octanol–water partition coefficient (Wildman–Crippen LogP) is 2.95. The number of nitrogens with one attached hydrogen (secondary N) is 1. The number of carbonyl (C=O) groups excluding carboxylic acids is 1. The predicted molar refractivity (Wildman–Crippen MR) is 109 cm³/mol. The van der Waals surface area contributed by atoms with E-state index in [1.54, 1.807) is 31.0 Å². The van der Waals surface area contributed by atoms with Gasteiger partial charge in [0.15, 0.2) is 5.82 Å². The molecule has 2 bridgehead atoms. The van der Waals surface area contributed by atoms with E-state index in [1.165, 1.54) is 0 Å². The van der Waals surface area contributed by atoms with Crippen molar-refractivity contribution in [3.05, 3.63) is 67.0 Å². The molecule has 150 valence electrons. The zero-order valence-electron chi connectivity index (χ0n) is 16.1. The van der Waals surface area contributed by atoms with Crippen LogP contribution in [0.1, 0.15) is 23.2 Å². The summed E-state index contributed by atoms with van der Waals surface area (Å²) in [5.74, 6) is 1.35. The number of fused-ring (bicyclic) bond motifs is 5. The maximum atomic E-state index is 13.1. The van der Waals surface area contributed by atoms with Crippen molar-refractivity contribution in [3.63, 3.8) is 0 Å². The van der Waals surface area contributed by atoms with E-state index in [4.69, 9.17) is 4.74 Å². The van der Waals surface area contributed by atoms with Gasteiger partial charge in [-0.2, -0.15) is 0 Å². The fraction of sp³-hybridized carbons (Fsp3) is 0.190. The fourth-order valence-electron chi connectivity index (χ4n) is 3.39. The molecule has 5 rings (SSSR count). The number of anilines is 1. The highest BCUT2D eigenvalue weighted by Gasteiger charge is 2.17. The number of hydrogen-bond acceptors (Lipinski definition) is 6. The van der Waals surface area contributed by atoms with E-state index in [0.29, 0.717) is 35.3 Å². The number of carbonyl (C=O) groups is 1. The number of aryl methyl sites for hydroxylation is 1. The normalized spacial score (nSPS) is 14.1. The molecule has 4 heterocycles. The third-order valence-corrected chi connectivity index (χ3v) is 4.90.